The van der Waals surface area contributed by atoms with Gasteiger partial charge < -0.3 is 9.69 Å². The van der Waals surface area contributed by atoms with Crippen LogP contribution in [0.15, 0.2) is 18.2 Å². The molecule has 0 unspecified atom stereocenters. The van der Waals surface area contributed by atoms with E-state index in [0.717, 1.165) is 38.0 Å². The topological polar surface area (TPSA) is 20.3 Å². The van der Waals surface area contributed by atoms with Crippen molar-refractivity contribution in [3.63, 3.8) is 0 Å². The van der Waals surface area contributed by atoms with Gasteiger partial charge in [-0.2, -0.15) is 0 Å². The first-order chi connectivity index (χ1) is 8.16. The number of anilines is 1. The molecule has 92 valence electrons. The van der Waals surface area contributed by atoms with Crippen LogP contribution in [0.3, 0.4) is 0 Å². The highest BCUT2D eigenvalue weighted by molar-refractivity contribution is 5.75. The van der Waals surface area contributed by atoms with Crippen LogP contribution in [0.4, 0.5) is 10.1 Å². The lowest BCUT2D eigenvalue weighted by Crippen LogP contribution is -2.21. The predicted octanol–water partition coefficient (Wildman–Crippen LogP) is 2.95. The SMILES string of the molecule is CC(=O)CCCCN1CCc2ccc(F)cc21. The number of ketones is 1. The Hall–Kier alpha value is -1.38. The fourth-order valence-corrected chi connectivity index (χ4v) is 2.33. The van der Waals surface area contributed by atoms with Gasteiger partial charge in [-0.15, -0.1) is 0 Å². The number of Topliss-reactive ketones (excluding diaryl/α,β-unsaturated/α-hetero) is 1. The standard InChI is InChI=1S/C14H18FNO/c1-11(17)4-2-3-8-16-9-7-12-5-6-13(15)10-14(12)16/h5-6,10H,2-4,7-9H2,1H3. The minimum absolute atomic E-state index is 0.167. The van der Waals surface area contributed by atoms with Gasteiger partial charge in [-0.05, 0) is 43.9 Å². The van der Waals surface area contributed by atoms with Gasteiger partial charge in [0.2, 0.25) is 0 Å². The third-order valence-corrected chi connectivity index (χ3v) is 3.25. The summed E-state index contributed by atoms with van der Waals surface area (Å²) < 4.78 is 13.2. The molecule has 0 N–H and O–H groups in total. The van der Waals surface area contributed by atoms with Crippen molar-refractivity contribution in [2.75, 3.05) is 18.0 Å². The van der Waals surface area contributed by atoms with E-state index in [4.69, 9.17) is 0 Å². The van der Waals surface area contributed by atoms with E-state index >= 15 is 0 Å². The number of halogens is 1. The van der Waals surface area contributed by atoms with Crippen LogP contribution in [0.5, 0.6) is 0 Å². The van der Waals surface area contributed by atoms with Gasteiger partial charge in [0.1, 0.15) is 11.6 Å². The largest absolute Gasteiger partial charge is 0.371 e. The van der Waals surface area contributed by atoms with Crippen LogP contribution in [-0.4, -0.2) is 18.9 Å². The molecule has 0 saturated heterocycles. The van der Waals surface area contributed by atoms with Gasteiger partial charge in [0, 0.05) is 25.2 Å². The van der Waals surface area contributed by atoms with Crippen molar-refractivity contribution in [3.8, 4) is 0 Å². The molecule has 1 heterocycles. The number of carbonyl (C=O) groups excluding carboxylic acids is 1. The molecule has 0 atom stereocenters. The normalized spacial score (nSPS) is 13.9. The average molecular weight is 235 g/mol. The average Bonchev–Trinajstić information content (AvgIpc) is 2.67. The number of unbranched alkanes of at least 4 members (excludes halogenated alkanes) is 1. The van der Waals surface area contributed by atoms with Gasteiger partial charge >= 0.3 is 0 Å². The summed E-state index contributed by atoms with van der Waals surface area (Å²) in [4.78, 5) is 13.0. The lowest BCUT2D eigenvalue weighted by Gasteiger charge is -2.19. The van der Waals surface area contributed by atoms with E-state index in [2.05, 4.69) is 4.90 Å². The summed E-state index contributed by atoms with van der Waals surface area (Å²) in [5.74, 6) is 0.0808. The molecule has 0 aliphatic carbocycles. The second kappa shape index (κ2) is 5.30. The van der Waals surface area contributed by atoms with Crippen molar-refractivity contribution in [1.29, 1.82) is 0 Å². The molecule has 0 radical (unpaired) electrons. The van der Waals surface area contributed by atoms with Crippen LogP contribution in [0.25, 0.3) is 0 Å². The molecule has 1 aliphatic heterocycles. The van der Waals surface area contributed by atoms with Crippen molar-refractivity contribution >= 4 is 11.5 Å². The molecule has 2 rings (SSSR count). The van der Waals surface area contributed by atoms with Gasteiger partial charge in [0.15, 0.2) is 0 Å². The van der Waals surface area contributed by atoms with Gasteiger partial charge in [-0.3, -0.25) is 0 Å². The Morgan fingerprint density at radius 1 is 1.41 bits per heavy atom. The molecule has 1 aromatic rings. The van der Waals surface area contributed by atoms with Crippen LogP contribution >= 0.6 is 0 Å². The Bertz CT molecular complexity index is 417. The molecule has 0 amide bonds. The van der Waals surface area contributed by atoms with E-state index in [0.29, 0.717) is 6.42 Å². The molecular formula is C14H18FNO. The van der Waals surface area contributed by atoms with E-state index in [-0.39, 0.29) is 11.6 Å². The van der Waals surface area contributed by atoms with E-state index < -0.39 is 0 Å². The molecule has 0 saturated carbocycles. The molecule has 0 bridgehead atoms. The molecule has 2 nitrogen and oxygen atoms in total. The smallest absolute Gasteiger partial charge is 0.129 e. The van der Waals surface area contributed by atoms with Crippen molar-refractivity contribution in [1.82, 2.24) is 0 Å². The number of fused-ring (bicyclic) bond motifs is 1. The second-order valence-electron chi connectivity index (χ2n) is 4.67. The maximum Gasteiger partial charge on any atom is 0.129 e. The monoisotopic (exact) mass is 235 g/mol. The first-order valence-electron chi connectivity index (χ1n) is 6.19. The molecule has 1 aliphatic rings. The minimum atomic E-state index is -0.167. The van der Waals surface area contributed by atoms with Crippen LogP contribution in [0.1, 0.15) is 31.7 Å². The van der Waals surface area contributed by atoms with Crippen LogP contribution in [-0.2, 0) is 11.2 Å². The third-order valence-electron chi connectivity index (χ3n) is 3.25. The third kappa shape index (κ3) is 3.05. The second-order valence-corrected chi connectivity index (χ2v) is 4.67. The number of nitrogens with zero attached hydrogens (tertiary/aromatic N) is 1. The Morgan fingerprint density at radius 3 is 3.00 bits per heavy atom. The summed E-state index contributed by atoms with van der Waals surface area (Å²) in [6, 6.07) is 5.02. The Morgan fingerprint density at radius 2 is 2.24 bits per heavy atom. The lowest BCUT2D eigenvalue weighted by molar-refractivity contribution is -0.117. The number of hydrogen-bond acceptors (Lipinski definition) is 2. The molecule has 17 heavy (non-hydrogen) atoms. The highest BCUT2D eigenvalue weighted by atomic mass is 19.1. The van der Waals surface area contributed by atoms with Crippen molar-refractivity contribution < 1.29 is 9.18 Å². The summed E-state index contributed by atoms with van der Waals surface area (Å²) in [5.41, 5.74) is 2.27. The van der Waals surface area contributed by atoms with Gasteiger partial charge in [0.25, 0.3) is 0 Å². The molecule has 1 aromatic carbocycles. The summed E-state index contributed by atoms with van der Waals surface area (Å²) in [6.45, 7) is 3.52. The van der Waals surface area contributed by atoms with Crippen molar-refractivity contribution in [2.24, 2.45) is 0 Å². The minimum Gasteiger partial charge on any atom is -0.371 e. The zero-order valence-corrected chi connectivity index (χ0v) is 10.2. The maximum absolute atomic E-state index is 13.2. The molecular weight excluding hydrogens is 217 g/mol. The van der Waals surface area contributed by atoms with Crippen molar-refractivity contribution in [3.05, 3.63) is 29.6 Å². The van der Waals surface area contributed by atoms with Gasteiger partial charge in [-0.1, -0.05) is 6.07 Å². The zero-order valence-electron chi connectivity index (χ0n) is 10.2. The van der Waals surface area contributed by atoms with Crippen molar-refractivity contribution in [2.45, 2.75) is 32.6 Å². The van der Waals surface area contributed by atoms with E-state index in [1.807, 2.05) is 6.07 Å². The van der Waals surface area contributed by atoms with Crippen LogP contribution < -0.4 is 4.90 Å². The Balaban J connectivity index is 1.88. The maximum atomic E-state index is 13.2. The van der Waals surface area contributed by atoms with E-state index in [1.54, 1.807) is 13.0 Å². The van der Waals surface area contributed by atoms with Crippen LogP contribution in [0, 0.1) is 5.82 Å². The summed E-state index contributed by atoms with van der Waals surface area (Å²) in [6.07, 6.45) is 3.58. The van der Waals surface area contributed by atoms with Crippen LogP contribution in [0.2, 0.25) is 0 Å². The molecule has 0 aromatic heterocycles. The molecule has 3 heteroatoms. The van der Waals surface area contributed by atoms with E-state index in [9.17, 15) is 9.18 Å². The summed E-state index contributed by atoms with van der Waals surface area (Å²) >= 11 is 0. The summed E-state index contributed by atoms with van der Waals surface area (Å²) in [5, 5.41) is 0. The highest BCUT2D eigenvalue weighted by Crippen LogP contribution is 2.28. The number of rotatable bonds is 5. The predicted molar refractivity (Wildman–Crippen MR) is 66.8 cm³/mol. The zero-order chi connectivity index (χ0) is 12.3. The van der Waals surface area contributed by atoms with E-state index in [1.165, 1.54) is 11.6 Å². The number of hydrogen-bond donors (Lipinski definition) is 0. The lowest BCUT2D eigenvalue weighted by atomic mass is 10.1. The first-order valence-corrected chi connectivity index (χ1v) is 6.19. The van der Waals surface area contributed by atoms with Gasteiger partial charge in [-0.25, -0.2) is 4.39 Å². The fraction of sp³-hybridized carbons (Fsp3) is 0.500. The quantitative estimate of drug-likeness (QED) is 0.731. The number of benzene rings is 1. The molecule has 0 fully saturated rings. The summed E-state index contributed by atoms with van der Waals surface area (Å²) in [7, 11) is 0. The first kappa shape index (κ1) is 12.1. The van der Waals surface area contributed by atoms with Gasteiger partial charge in [0.05, 0.1) is 0 Å². The highest BCUT2D eigenvalue weighted by Gasteiger charge is 2.18. The Kier molecular flexibility index (Phi) is 3.77. The Labute approximate surface area is 101 Å². The number of carbonyl (C=O) groups is 1. The molecule has 0 spiro atoms. The fourth-order valence-electron chi connectivity index (χ4n) is 2.33.